The Morgan fingerprint density at radius 3 is 2.80 bits per heavy atom. The van der Waals surface area contributed by atoms with E-state index in [9.17, 15) is 9.59 Å². The van der Waals surface area contributed by atoms with E-state index in [1.165, 1.54) is 4.57 Å². The first-order valence-corrected chi connectivity index (χ1v) is 5.84. The van der Waals surface area contributed by atoms with Gasteiger partial charge >= 0.3 is 5.97 Å². The van der Waals surface area contributed by atoms with E-state index < -0.39 is 5.97 Å². The lowest BCUT2D eigenvalue weighted by Gasteiger charge is -2.06. The number of pyridine rings is 1. The fourth-order valence-corrected chi connectivity index (χ4v) is 2.29. The minimum atomic E-state index is -0.426. The lowest BCUT2D eigenvalue weighted by Crippen LogP contribution is -2.25. The van der Waals surface area contributed by atoms with Gasteiger partial charge in [-0.25, -0.2) is 0 Å². The van der Waals surface area contributed by atoms with E-state index in [1.54, 1.807) is 19.2 Å². The maximum Gasteiger partial charge on any atom is 0.326 e. The van der Waals surface area contributed by atoms with Crippen LogP contribution in [0.1, 0.15) is 6.92 Å². The molecule has 1 rings (SSSR count). The third-order valence-electron chi connectivity index (χ3n) is 1.61. The van der Waals surface area contributed by atoms with Gasteiger partial charge in [0, 0.05) is 10.7 Å². The highest BCUT2D eigenvalue weighted by molar-refractivity contribution is 9.11. The first kappa shape index (κ1) is 12.4. The summed E-state index contributed by atoms with van der Waals surface area (Å²) in [5.74, 6) is -0.426. The quantitative estimate of drug-likeness (QED) is 0.791. The highest BCUT2D eigenvalue weighted by Crippen LogP contribution is 2.12. The number of ether oxygens (including phenoxy) is 1. The Hall–Kier alpha value is -0.620. The van der Waals surface area contributed by atoms with Crippen molar-refractivity contribution in [2.45, 2.75) is 13.5 Å². The zero-order valence-corrected chi connectivity index (χ0v) is 11.2. The van der Waals surface area contributed by atoms with Crippen LogP contribution < -0.4 is 5.56 Å². The van der Waals surface area contributed by atoms with Gasteiger partial charge in [-0.1, -0.05) is 0 Å². The fourth-order valence-electron chi connectivity index (χ4n) is 1.03. The minimum Gasteiger partial charge on any atom is -0.465 e. The second kappa shape index (κ2) is 5.46. The van der Waals surface area contributed by atoms with Crippen LogP contribution >= 0.6 is 31.9 Å². The number of carbonyl (C=O) groups is 1. The molecule has 82 valence electrons. The average molecular weight is 339 g/mol. The molecule has 1 aromatic heterocycles. The van der Waals surface area contributed by atoms with E-state index in [2.05, 4.69) is 31.9 Å². The molecular weight excluding hydrogens is 330 g/mol. The molecule has 15 heavy (non-hydrogen) atoms. The predicted molar refractivity (Wildman–Crippen MR) is 62.7 cm³/mol. The van der Waals surface area contributed by atoms with Crippen molar-refractivity contribution in [3.05, 3.63) is 31.6 Å². The number of hydrogen-bond acceptors (Lipinski definition) is 3. The van der Waals surface area contributed by atoms with Crippen LogP contribution in [0.4, 0.5) is 0 Å². The number of halogens is 2. The monoisotopic (exact) mass is 337 g/mol. The molecule has 0 aliphatic heterocycles. The van der Waals surface area contributed by atoms with Gasteiger partial charge in [0.2, 0.25) is 0 Å². The number of hydrogen-bond donors (Lipinski definition) is 0. The lowest BCUT2D eigenvalue weighted by molar-refractivity contribution is -0.143. The van der Waals surface area contributed by atoms with Gasteiger partial charge in [-0.2, -0.15) is 0 Å². The number of rotatable bonds is 3. The zero-order chi connectivity index (χ0) is 11.4. The van der Waals surface area contributed by atoms with E-state index in [0.29, 0.717) is 11.1 Å². The van der Waals surface area contributed by atoms with Crippen LogP contribution in [-0.4, -0.2) is 17.1 Å². The molecule has 4 nitrogen and oxygen atoms in total. The standard InChI is InChI=1S/C9H9Br2NO3/c1-2-15-8(13)5-12-4-6(10)3-7(11)9(12)14/h3-4H,2,5H2,1H3. The van der Waals surface area contributed by atoms with Gasteiger partial charge in [0.1, 0.15) is 6.54 Å². The summed E-state index contributed by atoms with van der Waals surface area (Å²) in [5, 5.41) is 0. The normalized spacial score (nSPS) is 10.1. The summed E-state index contributed by atoms with van der Waals surface area (Å²) >= 11 is 6.34. The summed E-state index contributed by atoms with van der Waals surface area (Å²) in [6.45, 7) is 1.95. The molecule has 0 aliphatic carbocycles. The first-order chi connectivity index (χ1) is 7.04. The molecule has 1 aromatic rings. The van der Waals surface area contributed by atoms with Crippen molar-refractivity contribution in [1.82, 2.24) is 4.57 Å². The minimum absolute atomic E-state index is 0.0787. The van der Waals surface area contributed by atoms with Gasteiger partial charge < -0.3 is 9.30 Å². The number of aromatic nitrogens is 1. The van der Waals surface area contributed by atoms with Crippen LogP contribution in [0.3, 0.4) is 0 Å². The smallest absolute Gasteiger partial charge is 0.326 e. The van der Waals surface area contributed by atoms with Crippen LogP contribution in [0.5, 0.6) is 0 Å². The summed E-state index contributed by atoms with van der Waals surface area (Å²) in [5.41, 5.74) is -0.258. The summed E-state index contributed by atoms with van der Waals surface area (Å²) in [6.07, 6.45) is 1.55. The van der Waals surface area contributed by atoms with Gasteiger partial charge in [-0.05, 0) is 44.8 Å². The number of carbonyl (C=O) groups excluding carboxylic acids is 1. The third kappa shape index (κ3) is 3.46. The van der Waals surface area contributed by atoms with Crippen LogP contribution in [0.2, 0.25) is 0 Å². The highest BCUT2D eigenvalue weighted by atomic mass is 79.9. The zero-order valence-electron chi connectivity index (χ0n) is 8.00. The second-order valence-electron chi connectivity index (χ2n) is 2.74. The molecular formula is C9H9Br2NO3. The van der Waals surface area contributed by atoms with E-state index >= 15 is 0 Å². The number of nitrogens with zero attached hydrogens (tertiary/aromatic N) is 1. The van der Waals surface area contributed by atoms with Crippen molar-refractivity contribution < 1.29 is 9.53 Å². The maximum absolute atomic E-state index is 11.5. The van der Waals surface area contributed by atoms with Gasteiger partial charge in [0.15, 0.2) is 0 Å². The Balaban J connectivity index is 2.95. The van der Waals surface area contributed by atoms with Crippen molar-refractivity contribution in [3.63, 3.8) is 0 Å². The molecule has 0 unspecified atom stereocenters. The summed E-state index contributed by atoms with van der Waals surface area (Å²) in [4.78, 5) is 22.7. The molecule has 0 spiro atoms. The Bertz CT molecular complexity index is 428. The highest BCUT2D eigenvalue weighted by Gasteiger charge is 2.08. The van der Waals surface area contributed by atoms with Crippen LogP contribution in [0.25, 0.3) is 0 Å². The number of esters is 1. The first-order valence-electron chi connectivity index (χ1n) is 4.25. The SMILES string of the molecule is CCOC(=O)Cn1cc(Br)cc(Br)c1=O. The Morgan fingerprint density at radius 1 is 1.53 bits per heavy atom. The summed E-state index contributed by atoms with van der Waals surface area (Å²) in [6, 6.07) is 1.63. The molecule has 0 amide bonds. The van der Waals surface area contributed by atoms with Gasteiger partial charge in [0.05, 0.1) is 11.1 Å². The van der Waals surface area contributed by atoms with Crippen LogP contribution in [0, 0.1) is 0 Å². The average Bonchev–Trinajstić information content (AvgIpc) is 2.13. The molecule has 0 saturated heterocycles. The molecule has 1 heterocycles. The fraction of sp³-hybridized carbons (Fsp3) is 0.333. The molecule has 0 aromatic carbocycles. The van der Waals surface area contributed by atoms with E-state index in [4.69, 9.17) is 4.74 Å². The topological polar surface area (TPSA) is 48.3 Å². The molecule has 0 saturated carbocycles. The summed E-state index contributed by atoms with van der Waals surface area (Å²) in [7, 11) is 0. The Morgan fingerprint density at radius 2 is 2.20 bits per heavy atom. The molecule has 0 N–H and O–H groups in total. The van der Waals surface area contributed by atoms with Crippen LogP contribution in [0.15, 0.2) is 26.0 Å². The molecule has 0 radical (unpaired) electrons. The Labute approximate surface area is 103 Å². The predicted octanol–water partition coefficient (Wildman–Crippen LogP) is 1.94. The third-order valence-corrected chi connectivity index (χ3v) is 2.62. The lowest BCUT2D eigenvalue weighted by atomic mass is 10.4. The van der Waals surface area contributed by atoms with E-state index in [0.717, 1.165) is 4.47 Å². The second-order valence-corrected chi connectivity index (χ2v) is 4.51. The maximum atomic E-state index is 11.5. The van der Waals surface area contributed by atoms with Gasteiger partial charge in [-0.3, -0.25) is 9.59 Å². The molecule has 0 bridgehead atoms. The van der Waals surface area contributed by atoms with Crippen molar-refractivity contribution in [3.8, 4) is 0 Å². The largest absolute Gasteiger partial charge is 0.465 e. The molecule has 0 fully saturated rings. The van der Waals surface area contributed by atoms with E-state index in [1.807, 2.05) is 0 Å². The van der Waals surface area contributed by atoms with Crippen molar-refractivity contribution in [2.75, 3.05) is 6.61 Å². The molecule has 6 heteroatoms. The van der Waals surface area contributed by atoms with Gasteiger partial charge in [0.25, 0.3) is 5.56 Å². The van der Waals surface area contributed by atoms with Crippen molar-refractivity contribution in [2.24, 2.45) is 0 Å². The van der Waals surface area contributed by atoms with Crippen molar-refractivity contribution in [1.29, 1.82) is 0 Å². The molecule has 0 atom stereocenters. The summed E-state index contributed by atoms with van der Waals surface area (Å²) < 4.78 is 7.16. The van der Waals surface area contributed by atoms with Crippen LogP contribution in [-0.2, 0) is 16.1 Å². The van der Waals surface area contributed by atoms with Gasteiger partial charge in [-0.15, -0.1) is 0 Å². The van der Waals surface area contributed by atoms with E-state index in [-0.39, 0.29) is 12.1 Å². The Kier molecular flexibility index (Phi) is 4.53. The van der Waals surface area contributed by atoms with Crippen molar-refractivity contribution >= 4 is 37.8 Å². The molecule has 0 aliphatic rings.